The molecule has 0 aliphatic rings. The highest BCUT2D eigenvalue weighted by molar-refractivity contribution is 7.19. The van der Waals surface area contributed by atoms with Crippen LogP contribution in [-0.4, -0.2) is 18.0 Å². The molecule has 0 saturated carbocycles. The maximum absolute atomic E-state index is 12.8. The molecule has 0 aliphatic heterocycles. The number of hydrogen-bond acceptors (Lipinski definition) is 4. The molecular formula is C24H21ClN2O2S. The van der Waals surface area contributed by atoms with Crippen molar-refractivity contribution in [2.75, 3.05) is 12.4 Å². The minimum absolute atomic E-state index is 0. The average molecular weight is 437 g/mol. The van der Waals surface area contributed by atoms with Crippen LogP contribution >= 0.6 is 23.7 Å². The number of nitrogens with one attached hydrogen (secondary N) is 1. The van der Waals surface area contributed by atoms with E-state index in [0.29, 0.717) is 10.7 Å². The van der Waals surface area contributed by atoms with E-state index in [0.717, 1.165) is 33.0 Å². The van der Waals surface area contributed by atoms with Crippen molar-refractivity contribution >= 4 is 34.8 Å². The zero-order valence-corrected chi connectivity index (χ0v) is 18.2. The number of aryl methyl sites for hydroxylation is 1. The molecule has 0 spiro atoms. The van der Waals surface area contributed by atoms with Crippen molar-refractivity contribution < 1.29 is 9.53 Å². The van der Waals surface area contributed by atoms with Crippen LogP contribution in [0.3, 0.4) is 0 Å². The summed E-state index contributed by atoms with van der Waals surface area (Å²) in [7, 11) is 1.65. The van der Waals surface area contributed by atoms with E-state index in [1.165, 1.54) is 11.3 Å². The van der Waals surface area contributed by atoms with Gasteiger partial charge in [0.05, 0.1) is 17.7 Å². The van der Waals surface area contributed by atoms with Crippen LogP contribution in [0, 0.1) is 6.92 Å². The molecule has 152 valence electrons. The van der Waals surface area contributed by atoms with Crippen molar-refractivity contribution in [2.24, 2.45) is 0 Å². The van der Waals surface area contributed by atoms with Crippen molar-refractivity contribution in [3.63, 3.8) is 0 Å². The summed E-state index contributed by atoms with van der Waals surface area (Å²) in [5.74, 6) is 0.635. The summed E-state index contributed by atoms with van der Waals surface area (Å²) in [5.41, 5.74) is 4.45. The summed E-state index contributed by atoms with van der Waals surface area (Å²) >= 11 is 1.47. The van der Waals surface area contributed by atoms with Gasteiger partial charge in [-0.25, -0.2) is 4.98 Å². The van der Waals surface area contributed by atoms with E-state index >= 15 is 0 Å². The minimum atomic E-state index is -0.155. The lowest BCUT2D eigenvalue weighted by molar-refractivity contribution is 0.102. The molecule has 0 unspecified atom stereocenters. The number of methoxy groups -OCH3 is 1. The Balaban J connectivity index is 0.00000256. The summed E-state index contributed by atoms with van der Waals surface area (Å²) in [6.45, 7) is 1.93. The third-order valence-electron chi connectivity index (χ3n) is 4.64. The van der Waals surface area contributed by atoms with Crippen LogP contribution in [0.1, 0.15) is 15.9 Å². The number of nitrogens with zero attached hydrogens (tertiary/aromatic N) is 1. The van der Waals surface area contributed by atoms with Crippen LogP contribution in [0.4, 0.5) is 5.13 Å². The van der Waals surface area contributed by atoms with Gasteiger partial charge in [-0.3, -0.25) is 10.1 Å². The fourth-order valence-corrected chi connectivity index (χ4v) is 4.08. The second kappa shape index (κ2) is 9.57. The van der Waals surface area contributed by atoms with Crippen molar-refractivity contribution in [3.05, 3.63) is 90.0 Å². The van der Waals surface area contributed by atoms with Gasteiger partial charge in [0.1, 0.15) is 5.75 Å². The van der Waals surface area contributed by atoms with E-state index < -0.39 is 0 Å². The molecule has 0 atom stereocenters. The van der Waals surface area contributed by atoms with Gasteiger partial charge >= 0.3 is 0 Å². The van der Waals surface area contributed by atoms with E-state index in [4.69, 9.17) is 9.72 Å². The van der Waals surface area contributed by atoms with Crippen LogP contribution in [-0.2, 0) is 0 Å². The predicted octanol–water partition coefficient (Wildman–Crippen LogP) is 6.47. The van der Waals surface area contributed by atoms with Crippen molar-refractivity contribution in [3.8, 4) is 27.4 Å². The number of halogens is 1. The zero-order chi connectivity index (χ0) is 20.2. The van der Waals surface area contributed by atoms with Gasteiger partial charge in [-0.15, -0.1) is 12.4 Å². The first-order valence-corrected chi connectivity index (χ1v) is 10.0. The van der Waals surface area contributed by atoms with Crippen LogP contribution in [0.5, 0.6) is 5.75 Å². The van der Waals surface area contributed by atoms with Gasteiger partial charge < -0.3 is 4.74 Å². The number of carbonyl (C=O) groups excluding carboxylic acids is 1. The van der Waals surface area contributed by atoms with E-state index in [1.54, 1.807) is 7.11 Å². The molecule has 0 bridgehead atoms. The molecule has 0 radical (unpaired) electrons. The van der Waals surface area contributed by atoms with Crippen LogP contribution < -0.4 is 10.1 Å². The Morgan fingerprint density at radius 2 is 1.57 bits per heavy atom. The van der Waals surface area contributed by atoms with Crippen LogP contribution in [0.15, 0.2) is 78.9 Å². The topological polar surface area (TPSA) is 51.2 Å². The van der Waals surface area contributed by atoms with E-state index in [9.17, 15) is 4.79 Å². The van der Waals surface area contributed by atoms with Gasteiger partial charge in [0.25, 0.3) is 5.91 Å². The van der Waals surface area contributed by atoms with E-state index in [-0.39, 0.29) is 18.3 Å². The largest absolute Gasteiger partial charge is 0.497 e. The first kappa shape index (κ1) is 21.6. The summed E-state index contributed by atoms with van der Waals surface area (Å²) in [6, 6.07) is 25.4. The Kier molecular flexibility index (Phi) is 6.87. The molecular weight excluding hydrogens is 416 g/mol. The number of anilines is 1. The Morgan fingerprint density at radius 3 is 2.23 bits per heavy atom. The van der Waals surface area contributed by atoms with Gasteiger partial charge in [0.2, 0.25) is 0 Å². The van der Waals surface area contributed by atoms with Gasteiger partial charge in [-0.2, -0.15) is 0 Å². The number of thiazole rings is 1. The van der Waals surface area contributed by atoms with Crippen molar-refractivity contribution in [1.82, 2.24) is 4.98 Å². The van der Waals surface area contributed by atoms with Gasteiger partial charge in [0.15, 0.2) is 5.13 Å². The normalized spacial score (nSPS) is 10.2. The Hall–Kier alpha value is -3.15. The maximum Gasteiger partial charge on any atom is 0.257 e. The predicted molar refractivity (Wildman–Crippen MR) is 126 cm³/mol. The molecule has 6 heteroatoms. The first-order chi connectivity index (χ1) is 14.2. The SMILES string of the molecule is COc1ccc(-c2nc(NC(=O)c3ccccc3C)sc2-c2ccccc2)cc1.Cl. The van der Waals surface area contributed by atoms with Gasteiger partial charge in [-0.1, -0.05) is 59.9 Å². The lowest BCUT2D eigenvalue weighted by Crippen LogP contribution is -2.12. The highest BCUT2D eigenvalue weighted by atomic mass is 35.5. The minimum Gasteiger partial charge on any atom is -0.497 e. The van der Waals surface area contributed by atoms with Crippen LogP contribution in [0.25, 0.3) is 21.7 Å². The number of ether oxygens (including phenoxy) is 1. The molecule has 4 rings (SSSR count). The van der Waals surface area contributed by atoms with Gasteiger partial charge in [-0.05, 0) is 48.4 Å². The molecule has 3 aromatic carbocycles. The molecule has 30 heavy (non-hydrogen) atoms. The molecule has 1 heterocycles. The maximum atomic E-state index is 12.8. The lowest BCUT2D eigenvalue weighted by Gasteiger charge is -2.04. The highest BCUT2D eigenvalue weighted by Crippen LogP contribution is 2.39. The first-order valence-electron chi connectivity index (χ1n) is 9.23. The third kappa shape index (κ3) is 4.53. The van der Waals surface area contributed by atoms with Crippen molar-refractivity contribution in [1.29, 1.82) is 0 Å². The number of hydrogen-bond donors (Lipinski definition) is 1. The molecule has 1 aromatic heterocycles. The average Bonchev–Trinajstić information content (AvgIpc) is 3.18. The fraction of sp³-hybridized carbons (Fsp3) is 0.0833. The Morgan fingerprint density at radius 1 is 0.900 bits per heavy atom. The number of rotatable bonds is 5. The summed E-state index contributed by atoms with van der Waals surface area (Å²) in [5, 5.41) is 3.54. The summed E-state index contributed by atoms with van der Waals surface area (Å²) < 4.78 is 5.26. The fourth-order valence-electron chi connectivity index (χ4n) is 3.10. The van der Waals surface area contributed by atoms with E-state index in [2.05, 4.69) is 5.32 Å². The van der Waals surface area contributed by atoms with E-state index in [1.807, 2.05) is 85.8 Å². The number of aromatic nitrogens is 1. The highest BCUT2D eigenvalue weighted by Gasteiger charge is 2.17. The number of carbonyl (C=O) groups is 1. The lowest BCUT2D eigenvalue weighted by atomic mass is 10.1. The number of amides is 1. The molecule has 0 saturated heterocycles. The van der Waals surface area contributed by atoms with Gasteiger partial charge in [0, 0.05) is 11.1 Å². The second-order valence-corrected chi connectivity index (χ2v) is 7.56. The zero-order valence-electron chi connectivity index (χ0n) is 16.6. The van der Waals surface area contributed by atoms with Crippen LogP contribution in [0.2, 0.25) is 0 Å². The summed E-state index contributed by atoms with van der Waals surface area (Å²) in [6.07, 6.45) is 0. The Bertz CT molecular complexity index is 1140. The monoisotopic (exact) mass is 436 g/mol. The van der Waals surface area contributed by atoms with Crippen molar-refractivity contribution in [2.45, 2.75) is 6.92 Å². The molecule has 4 aromatic rings. The molecule has 1 amide bonds. The summed E-state index contributed by atoms with van der Waals surface area (Å²) in [4.78, 5) is 18.5. The quantitative estimate of drug-likeness (QED) is 0.390. The number of benzene rings is 3. The second-order valence-electron chi connectivity index (χ2n) is 6.56. The third-order valence-corrected chi connectivity index (χ3v) is 5.66. The standard InChI is InChI=1S/C24H20N2O2S.ClH/c1-16-8-6-7-11-20(16)23(27)26-24-25-21(17-12-14-19(28-2)15-13-17)22(29-24)18-9-4-3-5-10-18;/h3-15H,1-2H3,(H,25,26,27);1H. The molecule has 1 N–H and O–H groups in total. The molecule has 0 aliphatic carbocycles. The molecule has 0 fully saturated rings. The smallest absolute Gasteiger partial charge is 0.257 e. The molecule has 4 nitrogen and oxygen atoms in total. The Labute approximate surface area is 186 Å².